The third-order valence-electron chi connectivity index (χ3n) is 5.73. The molecule has 0 aliphatic carbocycles. The largest absolute Gasteiger partial charge is 0.352 e. The molecule has 2 heterocycles. The Balaban J connectivity index is 1.48. The third-order valence-corrected chi connectivity index (χ3v) is 5.73. The molecule has 1 aromatic carbocycles. The highest BCUT2D eigenvalue weighted by Gasteiger charge is 2.42. The van der Waals surface area contributed by atoms with Gasteiger partial charge in [-0.3, -0.25) is 9.69 Å². The van der Waals surface area contributed by atoms with Gasteiger partial charge in [0.2, 0.25) is 5.91 Å². The number of carbonyl (C=O) groups is 1. The molecule has 138 valence electrons. The predicted octanol–water partition coefficient (Wildman–Crippen LogP) is 3.02. The van der Waals surface area contributed by atoms with Crippen molar-refractivity contribution in [3.8, 4) is 0 Å². The number of fused-ring (bicyclic) bond motifs is 2. The van der Waals surface area contributed by atoms with Crippen molar-refractivity contribution in [2.24, 2.45) is 5.92 Å². The lowest BCUT2D eigenvalue weighted by Crippen LogP contribution is -2.47. The van der Waals surface area contributed by atoms with Crippen LogP contribution in [-0.2, 0) is 17.9 Å². The van der Waals surface area contributed by atoms with Gasteiger partial charge in [0.25, 0.3) is 0 Å². The van der Waals surface area contributed by atoms with Crippen molar-refractivity contribution in [1.82, 2.24) is 15.1 Å². The molecule has 1 aromatic rings. The van der Waals surface area contributed by atoms with Gasteiger partial charge in [-0.25, -0.2) is 0 Å². The standard InChI is InChI=1S/C21H33N3O/c1-4-11-24-19-9-10-20(24)13-18(12-19)21(25)22-14-16-5-7-17(8-6-16)15-23(2)3/h5-8,18-20H,4,9-15H2,1-3H3,(H,22,25). The zero-order valence-electron chi connectivity index (χ0n) is 16.0. The fraction of sp³-hybridized carbons (Fsp3) is 0.667. The van der Waals surface area contributed by atoms with Crippen molar-refractivity contribution in [3.63, 3.8) is 0 Å². The van der Waals surface area contributed by atoms with Gasteiger partial charge in [-0.15, -0.1) is 0 Å². The Labute approximate surface area is 152 Å². The molecule has 2 saturated heterocycles. The van der Waals surface area contributed by atoms with Crippen LogP contribution in [0.2, 0.25) is 0 Å². The molecule has 2 unspecified atom stereocenters. The first-order valence-electron chi connectivity index (χ1n) is 9.82. The molecule has 4 nitrogen and oxygen atoms in total. The van der Waals surface area contributed by atoms with Crippen LogP contribution in [0.15, 0.2) is 24.3 Å². The Morgan fingerprint density at radius 3 is 2.28 bits per heavy atom. The van der Waals surface area contributed by atoms with Crippen LogP contribution in [0.1, 0.15) is 50.2 Å². The fourth-order valence-electron chi connectivity index (χ4n) is 4.57. The van der Waals surface area contributed by atoms with Crippen molar-refractivity contribution >= 4 is 5.91 Å². The second-order valence-electron chi connectivity index (χ2n) is 8.06. The van der Waals surface area contributed by atoms with Crippen LogP contribution in [0.25, 0.3) is 0 Å². The maximum Gasteiger partial charge on any atom is 0.223 e. The van der Waals surface area contributed by atoms with Crippen LogP contribution in [0.4, 0.5) is 0 Å². The summed E-state index contributed by atoms with van der Waals surface area (Å²) < 4.78 is 0. The summed E-state index contributed by atoms with van der Waals surface area (Å²) in [5.74, 6) is 0.462. The Morgan fingerprint density at radius 1 is 1.12 bits per heavy atom. The average Bonchev–Trinajstić information content (AvgIpc) is 2.82. The molecular weight excluding hydrogens is 310 g/mol. The van der Waals surface area contributed by atoms with E-state index in [-0.39, 0.29) is 11.8 Å². The predicted molar refractivity (Wildman–Crippen MR) is 102 cm³/mol. The number of piperidine rings is 1. The van der Waals surface area contributed by atoms with Gasteiger partial charge in [0, 0.05) is 31.1 Å². The van der Waals surface area contributed by atoms with Crippen molar-refractivity contribution in [3.05, 3.63) is 35.4 Å². The van der Waals surface area contributed by atoms with Crippen molar-refractivity contribution in [1.29, 1.82) is 0 Å². The topological polar surface area (TPSA) is 35.6 Å². The lowest BCUT2D eigenvalue weighted by Gasteiger charge is -2.38. The molecule has 0 aromatic heterocycles. The van der Waals surface area contributed by atoms with Crippen LogP contribution < -0.4 is 5.32 Å². The van der Waals surface area contributed by atoms with Crippen LogP contribution in [-0.4, -0.2) is 48.4 Å². The smallest absolute Gasteiger partial charge is 0.223 e. The van der Waals surface area contributed by atoms with Gasteiger partial charge in [-0.05, 0) is 63.9 Å². The molecule has 2 aliphatic heterocycles. The molecule has 0 spiro atoms. The van der Waals surface area contributed by atoms with Gasteiger partial charge in [-0.1, -0.05) is 31.2 Å². The highest BCUT2D eigenvalue weighted by molar-refractivity contribution is 5.79. The van der Waals surface area contributed by atoms with E-state index < -0.39 is 0 Å². The lowest BCUT2D eigenvalue weighted by molar-refractivity contribution is -0.127. The highest BCUT2D eigenvalue weighted by atomic mass is 16.1. The zero-order chi connectivity index (χ0) is 17.8. The second kappa shape index (κ2) is 8.33. The second-order valence-corrected chi connectivity index (χ2v) is 8.06. The van der Waals surface area contributed by atoms with E-state index >= 15 is 0 Å². The van der Waals surface area contributed by atoms with Crippen molar-refractivity contribution in [2.75, 3.05) is 20.6 Å². The summed E-state index contributed by atoms with van der Waals surface area (Å²) in [6.45, 7) is 5.04. The molecular formula is C21H33N3O. The summed E-state index contributed by atoms with van der Waals surface area (Å²) in [6.07, 6.45) is 5.87. The van der Waals surface area contributed by atoms with E-state index in [4.69, 9.17) is 0 Å². The van der Waals surface area contributed by atoms with E-state index in [2.05, 4.69) is 60.4 Å². The summed E-state index contributed by atoms with van der Waals surface area (Å²) in [4.78, 5) is 17.5. The fourth-order valence-corrected chi connectivity index (χ4v) is 4.57. The Hall–Kier alpha value is -1.39. The number of carbonyl (C=O) groups excluding carboxylic acids is 1. The zero-order valence-corrected chi connectivity index (χ0v) is 16.0. The first-order valence-corrected chi connectivity index (χ1v) is 9.82. The van der Waals surface area contributed by atoms with Crippen LogP contribution >= 0.6 is 0 Å². The molecule has 2 bridgehead atoms. The van der Waals surface area contributed by atoms with Crippen LogP contribution in [0.5, 0.6) is 0 Å². The number of hydrogen-bond acceptors (Lipinski definition) is 3. The minimum Gasteiger partial charge on any atom is -0.352 e. The van der Waals surface area contributed by atoms with Crippen molar-refractivity contribution in [2.45, 2.75) is 64.2 Å². The first kappa shape index (κ1) is 18.4. The Bertz CT molecular complexity index is 555. The Kier molecular flexibility index (Phi) is 6.13. The summed E-state index contributed by atoms with van der Waals surface area (Å²) >= 11 is 0. The summed E-state index contributed by atoms with van der Waals surface area (Å²) in [5, 5.41) is 3.18. The molecule has 2 atom stereocenters. The van der Waals surface area contributed by atoms with E-state index in [0.717, 1.165) is 19.4 Å². The molecule has 3 rings (SSSR count). The SMILES string of the molecule is CCCN1C2CCC1CC(C(=O)NCc1ccc(CN(C)C)cc1)C2. The maximum absolute atomic E-state index is 12.6. The summed E-state index contributed by atoms with van der Waals surface area (Å²) in [7, 11) is 4.15. The lowest BCUT2D eigenvalue weighted by atomic mass is 9.89. The number of benzene rings is 1. The molecule has 25 heavy (non-hydrogen) atoms. The highest BCUT2D eigenvalue weighted by Crippen LogP contribution is 2.38. The minimum atomic E-state index is 0.207. The van der Waals surface area contributed by atoms with Crippen LogP contribution in [0, 0.1) is 5.92 Å². The van der Waals surface area contributed by atoms with E-state index in [9.17, 15) is 4.79 Å². The molecule has 4 heteroatoms. The maximum atomic E-state index is 12.6. The number of nitrogens with zero attached hydrogens (tertiary/aromatic N) is 2. The van der Waals surface area contributed by atoms with Gasteiger partial charge in [0.15, 0.2) is 0 Å². The van der Waals surface area contributed by atoms with E-state index in [1.807, 2.05) is 0 Å². The molecule has 1 amide bonds. The van der Waals surface area contributed by atoms with E-state index in [1.165, 1.54) is 36.9 Å². The van der Waals surface area contributed by atoms with Gasteiger partial charge < -0.3 is 10.2 Å². The van der Waals surface area contributed by atoms with E-state index in [1.54, 1.807) is 0 Å². The first-order chi connectivity index (χ1) is 12.1. The molecule has 0 saturated carbocycles. The van der Waals surface area contributed by atoms with Gasteiger partial charge >= 0.3 is 0 Å². The number of amides is 1. The molecule has 0 radical (unpaired) electrons. The third kappa shape index (κ3) is 4.62. The van der Waals surface area contributed by atoms with Crippen LogP contribution in [0.3, 0.4) is 0 Å². The number of rotatable bonds is 7. The van der Waals surface area contributed by atoms with Gasteiger partial charge in [0.1, 0.15) is 0 Å². The quantitative estimate of drug-likeness (QED) is 0.827. The number of hydrogen-bond donors (Lipinski definition) is 1. The number of nitrogens with one attached hydrogen (secondary N) is 1. The normalized spacial score (nSPS) is 26.2. The average molecular weight is 344 g/mol. The molecule has 2 fully saturated rings. The van der Waals surface area contributed by atoms with E-state index in [0.29, 0.717) is 18.6 Å². The summed E-state index contributed by atoms with van der Waals surface area (Å²) in [5.41, 5.74) is 2.49. The Morgan fingerprint density at radius 2 is 1.72 bits per heavy atom. The minimum absolute atomic E-state index is 0.207. The molecule has 2 aliphatic rings. The van der Waals surface area contributed by atoms with Crippen molar-refractivity contribution < 1.29 is 4.79 Å². The van der Waals surface area contributed by atoms with Gasteiger partial charge in [-0.2, -0.15) is 0 Å². The monoisotopic (exact) mass is 343 g/mol. The summed E-state index contributed by atoms with van der Waals surface area (Å²) in [6, 6.07) is 9.86. The molecule has 1 N–H and O–H groups in total. The van der Waals surface area contributed by atoms with Gasteiger partial charge in [0.05, 0.1) is 0 Å².